The van der Waals surface area contributed by atoms with Crippen LogP contribution in [0.5, 0.6) is 5.75 Å². The topological polar surface area (TPSA) is 67.1 Å². The summed E-state index contributed by atoms with van der Waals surface area (Å²) in [6.07, 6.45) is 7.20. The number of hydrogen-bond donors (Lipinski definition) is 1. The Balaban J connectivity index is 0.000000418. The molecule has 0 radical (unpaired) electrons. The molecule has 154 valence electrons. The Morgan fingerprint density at radius 1 is 0.935 bits per heavy atom. The van der Waals surface area contributed by atoms with Crippen LogP contribution in [0.3, 0.4) is 0 Å². The molecule has 31 heavy (non-hydrogen) atoms. The van der Waals surface area contributed by atoms with Crippen LogP contribution >= 0.6 is 0 Å². The fourth-order valence-corrected chi connectivity index (χ4v) is 3.79. The van der Waals surface area contributed by atoms with E-state index in [0.717, 1.165) is 46.5 Å². The first-order chi connectivity index (χ1) is 14.6. The number of nitrogens with zero attached hydrogens (tertiary/aromatic N) is 5. The quantitative estimate of drug-likeness (QED) is 0.394. The zero-order valence-electron chi connectivity index (χ0n) is 18.5. The average molecular weight is 423 g/mol. The van der Waals surface area contributed by atoms with Crippen LogP contribution in [-0.2, 0) is 7.05 Å². The first-order valence-electron chi connectivity index (χ1n) is 10.6. The molecule has 1 saturated heterocycles. The minimum Gasteiger partial charge on any atom is -0.507 e. The van der Waals surface area contributed by atoms with Gasteiger partial charge in [-0.25, -0.2) is 22.8 Å². The first kappa shape index (κ1) is 22.1. The van der Waals surface area contributed by atoms with Crippen molar-refractivity contribution in [1.29, 1.82) is 0 Å². The molecule has 0 spiro atoms. The molecular weight excluding hydrogens is 397 g/mol. The van der Waals surface area contributed by atoms with Crippen LogP contribution in [0.4, 0.5) is 5.82 Å². The standard InChI is InChI=1S/C20H19N5O.C4H7.Na/c1-24-12-13-10-14(19(26)11-18(13)23-24)15-4-5-17-16(21-15)6-7-20(22-17)25-8-2-3-9-25;1-4-2-3-4;/h4-7,10-12,26H,2-3,8-9H2,1H3;2-3H2,1H3;/q;-1;+1. The largest absolute Gasteiger partial charge is 1.00 e. The molecule has 1 aliphatic heterocycles. The van der Waals surface area contributed by atoms with E-state index in [-0.39, 0.29) is 35.3 Å². The maximum absolute atomic E-state index is 10.4. The van der Waals surface area contributed by atoms with E-state index in [9.17, 15) is 5.11 Å². The van der Waals surface area contributed by atoms with E-state index >= 15 is 0 Å². The van der Waals surface area contributed by atoms with Gasteiger partial charge in [0.1, 0.15) is 11.6 Å². The third kappa shape index (κ3) is 4.86. The molecule has 1 aliphatic carbocycles. The molecule has 4 heterocycles. The Hall–Kier alpha value is -2.15. The Kier molecular flexibility index (Phi) is 6.51. The third-order valence-corrected chi connectivity index (χ3v) is 5.72. The van der Waals surface area contributed by atoms with Crippen LogP contribution in [-0.4, -0.2) is 37.9 Å². The predicted molar refractivity (Wildman–Crippen MR) is 121 cm³/mol. The maximum atomic E-state index is 10.4. The normalized spacial score (nSPS) is 15.6. The van der Waals surface area contributed by atoms with Gasteiger partial charge in [-0.15, -0.1) is 0 Å². The Morgan fingerprint density at radius 2 is 1.61 bits per heavy atom. The molecule has 4 aromatic rings. The second-order valence-electron chi connectivity index (χ2n) is 8.29. The van der Waals surface area contributed by atoms with Gasteiger partial charge < -0.3 is 15.9 Å². The van der Waals surface area contributed by atoms with Crippen LogP contribution < -0.4 is 34.5 Å². The molecule has 2 fully saturated rings. The molecule has 0 unspecified atom stereocenters. The summed E-state index contributed by atoms with van der Waals surface area (Å²) in [5.41, 5.74) is 3.91. The summed E-state index contributed by atoms with van der Waals surface area (Å²) < 4.78 is 1.74. The van der Waals surface area contributed by atoms with Crippen molar-refractivity contribution >= 4 is 27.8 Å². The van der Waals surface area contributed by atoms with E-state index in [4.69, 9.17) is 9.97 Å². The van der Waals surface area contributed by atoms with Gasteiger partial charge in [0.05, 0.1) is 22.2 Å². The number of anilines is 1. The van der Waals surface area contributed by atoms with Crippen molar-refractivity contribution in [3.63, 3.8) is 0 Å². The summed E-state index contributed by atoms with van der Waals surface area (Å²) >= 11 is 0. The van der Waals surface area contributed by atoms with Gasteiger partial charge in [0.15, 0.2) is 0 Å². The van der Waals surface area contributed by atoms with E-state index in [1.165, 1.54) is 25.7 Å². The zero-order valence-corrected chi connectivity index (χ0v) is 20.5. The number of hydrogen-bond acceptors (Lipinski definition) is 5. The molecule has 6 rings (SSSR count). The number of pyridine rings is 2. The van der Waals surface area contributed by atoms with Crippen molar-refractivity contribution in [3.8, 4) is 17.0 Å². The number of aromatic nitrogens is 4. The molecule has 0 amide bonds. The number of rotatable bonds is 2. The minimum absolute atomic E-state index is 0. The number of aromatic hydroxyl groups is 1. The van der Waals surface area contributed by atoms with E-state index in [0.29, 0.717) is 5.56 Å². The van der Waals surface area contributed by atoms with Gasteiger partial charge in [-0.1, -0.05) is 0 Å². The molecule has 0 bridgehead atoms. The van der Waals surface area contributed by atoms with Gasteiger partial charge in [0.25, 0.3) is 0 Å². The van der Waals surface area contributed by atoms with Gasteiger partial charge in [-0.2, -0.15) is 12.0 Å². The monoisotopic (exact) mass is 423 g/mol. The first-order valence-corrected chi connectivity index (χ1v) is 10.6. The third-order valence-electron chi connectivity index (χ3n) is 5.72. The Bertz CT molecular complexity index is 1210. The summed E-state index contributed by atoms with van der Waals surface area (Å²) in [6, 6.07) is 11.6. The van der Waals surface area contributed by atoms with E-state index in [1.807, 2.05) is 43.6 Å². The SMILES string of the molecule is C[C-]1CC1.Cn1cc2cc(-c3ccc4nc(N5CCCC5)ccc4n3)c(O)cc2n1.[Na+]. The zero-order chi connectivity index (χ0) is 20.7. The van der Waals surface area contributed by atoms with Crippen LogP contribution in [0, 0.1) is 5.92 Å². The summed E-state index contributed by atoms with van der Waals surface area (Å²) in [7, 11) is 1.87. The van der Waals surface area contributed by atoms with Gasteiger partial charge in [0.2, 0.25) is 0 Å². The molecule has 7 heteroatoms. The predicted octanol–water partition coefficient (Wildman–Crippen LogP) is 1.87. The molecule has 3 aromatic heterocycles. The molecule has 1 saturated carbocycles. The van der Waals surface area contributed by atoms with Gasteiger partial charge in [0, 0.05) is 43.4 Å². The molecule has 6 nitrogen and oxygen atoms in total. The molecule has 0 atom stereocenters. The minimum atomic E-state index is 0. The van der Waals surface area contributed by atoms with Gasteiger partial charge in [-0.3, -0.25) is 4.68 Å². The number of phenolic OH excluding ortho intramolecular Hbond substituents is 1. The van der Waals surface area contributed by atoms with Crippen LogP contribution in [0.2, 0.25) is 0 Å². The van der Waals surface area contributed by atoms with Gasteiger partial charge >= 0.3 is 29.6 Å². The van der Waals surface area contributed by atoms with Crippen LogP contribution in [0.15, 0.2) is 42.6 Å². The average Bonchev–Trinajstić information content (AvgIpc) is 3.19. The van der Waals surface area contributed by atoms with Crippen LogP contribution in [0.25, 0.3) is 33.2 Å². The van der Waals surface area contributed by atoms with Crippen molar-refractivity contribution < 1.29 is 34.7 Å². The molecule has 2 aliphatic rings. The van der Waals surface area contributed by atoms with Crippen molar-refractivity contribution in [2.24, 2.45) is 7.05 Å². The van der Waals surface area contributed by atoms with E-state index in [2.05, 4.69) is 16.9 Å². The number of benzene rings is 1. The Labute approximate surface area is 204 Å². The van der Waals surface area contributed by atoms with Crippen molar-refractivity contribution in [3.05, 3.63) is 48.5 Å². The molecule has 1 aromatic carbocycles. The van der Waals surface area contributed by atoms with Crippen LogP contribution in [0.1, 0.15) is 32.6 Å². The second-order valence-corrected chi connectivity index (χ2v) is 8.29. The van der Waals surface area contributed by atoms with E-state index < -0.39 is 0 Å². The van der Waals surface area contributed by atoms with E-state index in [1.54, 1.807) is 16.7 Å². The number of aryl methyl sites for hydroxylation is 1. The summed E-state index contributed by atoms with van der Waals surface area (Å²) in [5, 5.41) is 15.7. The summed E-state index contributed by atoms with van der Waals surface area (Å²) in [5.74, 6) is 2.87. The Morgan fingerprint density at radius 3 is 2.32 bits per heavy atom. The van der Waals surface area contributed by atoms with Crippen molar-refractivity contribution in [2.45, 2.75) is 32.6 Å². The number of phenols is 1. The fourth-order valence-electron chi connectivity index (χ4n) is 3.79. The summed E-state index contributed by atoms with van der Waals surface area (Å²) in [6.45, 7) is 4.34. The maximum Gasteiger partial charge on any atom is 1.00 e. The van der Waals surface area contributed by atoms with Gasteiger partial charge in [-0.05, 0) is 43.2 Å². The molecule has 1 N–H and O–H groups in total. The second kappa shape index (κ2) is 9.15. The number of fused-ring (bicyclic) bond motifs is 2. The van der Waals surface area contributed by atoms with Crippen molar-refractivity contribution in [1.82, 2.24) is 19.7 Å². The smallest absolute Gasteiger partial charge is 0.507 e. The van der Waals surface area contributed by atoms with Crippen molar-refractivity contribution in [2.75, 3.05) is 18.0 Å². The fraction of sp³-hybridized carbons (Fsp3) is 0.333. The summed E-state index contributed by atoms with van der Waals surface area (Å²) in [4.78, 5) is 11.8. The molecular formula is C24H26N5NaO.